The second-order valence-electron chi connectivity index (χ2n) is 6.85. The number of benzene rings is 1. The number of thiophene rings is 2. The van der Waals surface area contributed by atoms with Crippen molar-refractivity contribution in [1.82, 2.24) is 18.7 Å². The van der Waals surface area contributed by atoms with E-state index in [1.165, 1.54) is 43.8 Å². The third kappa shape index (κ3) is 3.59. The summed E-state index contributed by atoms with van der Waals surface area (Å²) in [4.78, 5) is 39.6. The molecule has 1 N–H and O–H groups in total. The molecule has 0 radical (unpaired) electrons. The van der Waals surface area contributed by atoms with Gasteiger partial charge in [-0.15, -0.1) is 27.8 Å². The summed E-state index contributed by atoms with van der Waals surface area (Å²) in [6.07, 6.45) is 0. The molecule has 0 aliphatic rings. The van der Waals surface area contributed by atoms with Gasteiger partial charge in [-0.3, -0.25) is 14.2 Å². The molecule has 0 atom stereocenters. The van der Waals surface area contributed by atoms with Crippen molar-refractivity contribution in [2.75, 3.05) is 5.32 Å². The number of fused-ring (bicyclic) bond motifs is 3. The zero-order valence-corrected chi connectivity index (χ0v) is 19.3. The molecule has 4 heterocycles. The lowest BCUT2D eigenvalue weighted by Crippen LogP contribution is -2.29. The van der Waals surface area contributed by atoms with Crippen LogP contribution in [0.5, 0.6) is 0 Å². The molecule has 0 saturated carbocycles. The SMILES string of the molecule is O=C(Cn1nc2n(Cc3cccs3)c(=O)c3sccc3n2c1=O)Nc1ccc(Br)cc1F. The second-order valence-corrected chi connectivity index (χ2v) is 9.72. The molecule has 4 aromatic heterocycles. The summed E-state index contributed by atoms with van der Waals surface area (Å²) in [7, 11) is 0. The minimum absolute atomic E-state index is 0.00941. The average molecular weight is 534 g/mol. The molecule has 1 aromatic carbocycles. The Morgan fingerprint density at radius 3 is 2.75 bits per heavy atom. The molecule has 162 valence electrons. The number of anilines is 1. The predicted molar refractivity (Wildman–Crippen MR) is 125 cm³/mol. The van der Waals surface area contributed by atoms with Gasteiger partial charge in [-0.1, -0.05) is 22.0 Å². The number of nitrogens with zero attached hydrogens (tertiary/aromatic N) is 4. The molecule has 5 aromatic rings. The number of carbonyl (C=O) groups is 1. The van der Waals surface area contributed by atoms with Crippen molar-refractivity contribution in [1.29, 1.82) is 0 Å². The van der Waals surface area contributed by atoms with E-state index in [0.29, 0.717) is 14.7 Å². The smallest absolute Gasteiger partial charge is 0.322 e. The summed E-state index contributed by atoms with van der Waals surface area (Å²) in [6, 6.07) is 9.67. The van der Waals surface area contributed by atoms with Crippen LogP contribution in [0.25, 0.3) is 16.0 Å². The Labute approximate surface area is 195 Å². The van der Waals surface area contributed by atoms with E-state index in [2.05, 4.69) is 26.3 Å². The second kappa shape index (κ2) is 8.11. The highest BCUT2D eigenvalue weighted by Crippen LogP contribution is 2.20. The largest absolute Gasteiger partial charge is 0.352 e. The van der Waals surface area contributed by atoms with Crippen molar-refractivity contribution in [3.63, 3.8) is 0 Å². The Bertz CT molecular complexity index is 1600. The topological polar surface area (TPSA) is 90.4 Å². The predicted octanol–water partition coefficient (Wildman–Crippen LogP) is 3.52. The molecule has 12 heteroatoms. The lowest BCUT2D eigenvalue weighted by molar-refractivity contribution is -0.117. The summed E-state index contributed by atoms with van der Waals surface area (Å²) in [5.74, 6) is -1.09. The van der Waals surface area contributed by atoms with Gasteiger partial charge in [0.15, 0.2) is 0 Å². The molecule has 0 bridgehead atoms. The van der Waals surface area contributed by atoms with Gasteiger partial charge in [-0.2, -0.15) is 0 Å². The Hall–Kier alpha value is -3.09. The van der Waals surface area contributed by atoms with Crippen molar-refractivity contribution in [2.45, 2.75) is 13.1 Å². The molecule has 0 fully saturated rings. The fourth-order valence-electron chi connectivity index (χ4n) is 3.35. The Morgan fingerprint density at radius 2 is 2.00 bits per heavy atom. The van der Waals surface area contributed by atoms with Gasteiger partial charge in [0.05, 0.1) is 17.7 Å². The van der Waals surface area contributed by atoms with Crippen LogP contribution in [0.15, 0.2) is 61.2 Å². The normalized spacial score (nSPS) is 11.4. The minimum atomic E-state index is -0.620. The summed E-state index contributed by atoms with van der Waals surface area (Å²) >= 11 is 5.89. The van der Waals surface area contributed by atoms with Gasteiger partial charge < -0.3 is 5.32 Å². The number of aromatic nitrogens is 4. The molecular formula is C20H13BrFN5O3S2. The quantitative estimate of drug-likeness (QED) is 0.374. The molecule has 1 amide bonds. The summed E-state index contributed by atoms with van der Waals surface area (Å²) in [5, 5.41) is 10.4. The van der Waals surface area contributed by atoms with E-state index in [4.69, 9.17) is 0 Å². The van der Waals surface area contributed by atoms with Crippen molar-refractivity contribution in [3.8, 4) is 0 Å². The Kier molecular flexibility index (Phi) is 5.27. The van der Waals surface area contributed by atoms with Crippen LogP contribution >= 0.6 is 38.6 Å². The van der Waals surface area contributed by atoms with Gasteiger partial charge in [0.2, 0.25) is 11.7 Å². The van der Waals surface area contributed by atoms with Crippen LogP contribution in [0.2, 0.25) is 0 Å². The number of halogens is 2. The molecule has 0 aliphatic heterocycles. The van der Waals surface area contributed by atoms with Gasteiger partial charge in [0.1, 0.15) is 17.1 Å². The van der Waals surface area contributed by atoms with Gasteiger partial charge in [-0.05, 0) is 41.1 Å². The zero-order chi connectivity index (χ0) is 22.4. The Balaban J connectivity index is 1.57. The number of hydrogen-bond acceptors (Lipinski definition) is 6. The highest BCUT2D eigenvalue weighted by Gasteiger charge is 2.20. The maximum Gasteiger partial charge on any atom is 0.352 e. The fraction of sp³-hybridized carbons (Fsp3) is 0.100. The molecule has 5 rings (SSSR count). The van der Waals surface area contributed by atoms with E-state index >= 15 is 0 Å². The molecule has 0 unspecified atom stereocenters. The molecule has 32 heavy (non-hydrogen) atoms. The van der Waals surface area contributed by atoms with Crippen LogP contribution in [0.3, 0.4) is 0 Å². The molecule has 8 nitrogen and oxygen atoms in total. The van der Waals surface area contributed by atoms with Crippen LogP contribution < -0.4 is 16.6 Å². The van der Waals surface area contributed by atoms with Crippen LogP contribution in [0.4, 0.5) is 10.1 Å². The lowest BCUT2D eigenvalue weighted by Gasteiger charge is -2.06. The first-order valence-corrected chi connectivity index (χ1v) is 11.8. The maximum atomic E-state index is 14.0. The van der Waals surface area contributed by atoms with E-state index in [1.807, 2.05) is 17.5 Å². The third-order valence-electron chi connectivity index (χ3n) is 4.78. The van der Waals surface area contributed by atoms with E-state index in [0.717, 1.165) is 9.56 Å². The third-order valence-corrected chi connectivity index (χ3v) is 7.03. The van der Waals surface area contributed by atoms with Crippen molar-refractivity contribution in [2.24, 2.45) is 0 Å². The van der Waals surface area contributed by atoms with Crippen LogP contribution in [-0.4, -0.2) is 24.7 Å². The number of rotatable bonds is 5. The number of carbonyl (C=O) groups excluding carboxylic acids is 1. The first-order valence-electron chi connectivity index (χ1n) is 9.29. The Morgan fingerprint density at radius 1 is 1.16 bits per heavy atom. The van der Waals surface area contributed by atoms with Crippen molar-refractivity contribution >= 4 is 66.2 Å². The van der Waals surface area contributed by atoms with E-state index in [-0.39, 0.29) is 23.6 Å². The van der Waals surface area contributed by atoms with Gasteiger partial charge in [-0.25, -0.2) is 18.3 Å². The highest BCUT2D eigenvalue weighted by atomic mass is 79.9. The number of nitrogens with one attached hydrogen (secondary N) is 1. The maximum absolute atomic E-state index is 14.0. The standard InChI is InChI=1S/C20H13BrFN5O3S2/c21-11-3-4-14(13(22)8-11)23-16(28)10-26-20(30)27-15-5-7-32-17(15)18(29)25(19(27)24-26)9-12-2-1-6-31-12/h1-8H,9-10H2,(H,23,28). The fourth-order valence-corrected chi connectivity index (χ4v) is 5.20. The molecule has 0 spiro atoms. The molecular weight excluding hydrogens is 521 g/mol. The highest BCUT2D eigenvalue weighted by molar-refractivity contribution is 9.10. The van der Waals surface area contributed by atoms with Crippen LogP contribution in [0, 0.1) is 5.82 Å². The first-order chi connectivity index (χ1) is 15.4. The summed E-state index contributed by atoms with van der Waals surface area (Å²) in [6.45, 7) is -0.185. The zero-order valence-electron chi connectivity index (χ0n) is 16.1. The van der Waals surface area contributed by atoms with Crippen LogP contribution in [0.1, 0.15) is 4.88 Å². The van der Waals surface area contributed by atoms with Gasteiger partial charge >= 0.3 is 5.69 Å². The number of amides is 1. The first kappa shape index (κ1) is 20.8. The minimum Gasteiger partial charge on any atom is -0.322 e. The van der Waals surface area contributed by atoms with Crippen LogP contribution in [-0.2, 0) is 17.9 Å². The van der Waals surface area contributed by atoms with E-state index in [1.54, 1.807) is 17.5 Å². The van der Waals surface area contributed by atoms with E-state index < -0.39 is 24.0 Å². The van der Waals surface area contributed by atoms with Gasteiger partial charge in [0.25, 0.3) is 5.56 Å². The van der Waals surface area contributed by atoms with Crippen molar-refractivity contribution in [3.05, 3.63) is 83.2 Å². The number of hydrogen-bond donors (Lipinski definition) is 1. The summed E-state index contributed by atoms with van der Waals surface area (Å²) < 4.78 is 18.7. The summed E-state index contributed by atoms with van der Waals surface area (Å²) in [5.41, 5.74) is -0.387. The average Bonchev–Trinajstić information content (AvgIpc) is 3.49. The van der Waals surface area contributed by atoms with Gasteiger partial charge in [0, 0.05) is 9.35 Å². The van der Waals surface area contributed by atoms with Crippen molar-refractivity contribution < 1.29 is 9.18 Å². The monoisotopic (exact) mass is 533 g/mol. The molecule has 0 aliphatic carbocycles. The molecule has 0 saturated heterocycles. The van der Waals surface area contributed by atoms with E-state index in [9.17, 15) is 18.8 Å². The lowest BCUT2D eigenvalue weighted by atomic mass is 10.3.